The van der Waals surface area contributed by atoms with Crippen LogP contribution in [0.25, 0.3) is 0 Å². The number of hydrogen-bond donors (Lipinski definition) is 1. The lowest BCUT2D eigenvalue weighted by molar-refractivity contribution is 0.383. The topological polar surface area (TPSA) is 35.2 Å². The highest BCUT2D eigenvalue weighted by Gasteiger charge is 2.12. The Morgan fingerprint density at radius 2 is 1.95 bits per heavy atom. The molecule has 0 fully saturated rings. The van der Waals surface area contributed by atoms with Crippen molar-refractivity contribution in [3.05, 3.63) is 63.9 Å². The maximum atomic E-state index is 14.0. The molecule has 20 heavy (non-hydrogen) atoms. The number of halogens is 2. The van der Waals surface area contributed by atoms with E-state index in [9.17, 15) is 4.39 Å². The van der Waals surface area contributed by atoms with Crippen molar-refractivity contribution in [3.63, 3.8) is 0 Å². The number of ether oxygens (including phenoxy) is 1. The molecule has 0 aliphatic heterocycles. The van der Waals surface area contributed by atoms with E-state index < -0.39 is 0 Å². The Bertz CT molecular complexity index is 588. The fourth-order valence-corrected chi connectivity index (χ4v) is 2.64. The summed E-state index contributed by atoms with van der Waals surface area (Å²) in [6, 6.07) is 13.0. The molecule has 4 heteroatoms. The van der Waals surface area contributed by atoms with Crippen LogP contribution in [0.3, 0.4) is 0 Å². The second-order valence-corrected chi connectivity index (χ2v) is 5.65. The van der Waals surface area contributed by atoms with Gasteiger partial charge >= 0.3 is 0 Å². The summed E-state index contributed by atoms with van der Waals surface area (Å²) in [5, 5.41) is 0. The van der Waals surface area contributed by atoms with E-state index in [1.165, 1.54) is 7.11 Å². The smallest absolute Gasteiger partial charge is 0.168 e. The van der Waals surface area contributed by atoms with E-state index in [4.69, 9.17) is 10.5 Å². The van der Waals surface area contributed by atoms with Gasteiger partial charge in [0.2, 0.25) is 0 Å². The van der Waals surface area contributed by atoms with Gasteiger partial charge in [0.15, 0.2) is 11.6 Å². The van der Waals surface area contributed by atoms with Crippen LogP contribution >= 0.6 is 15.9 Å². The second kappa shape index (κ2) is 6.86. The first-order chi connectivity index (χ1) is 9.60. The molecule has 0 amide bonds. The van der Waals surface area contributed by atoms with Gasteiger partial charge in [-0.2, -0.15) is 0 Å². The van der Waals surface area contributed by atoms with Gasteiger partial charge in [-0.25, -0.2) is 4.39 Å². The number of hydrogen-bond acceptors (Lipinski definition) is 2. The van der Waals surface area contributed by atoms with Crippen LogP contribution < -0.4 is 10.5 Å². The molecule has 1 atom stereocenters. The first-order valence-electron chi connectivity index (χ1n) is 6.41. The average molecular weight is 338 g/mol. The highest BCUT2D eigenvalue weighted by atomic mass is 79.9. The highest BCUT2D eigenvalue weighted by molar-refractivity contribution is 9.10. The maximum absolute atomic E-state index is 14.0. The molecular formula is C16H17BrFNO. The Morgan fingerprint density at radius 3 is 2.65 bits per heavy atom. The van der Waals surface area contributed by atoms with Gasteiger partial charge in [-0.15, -0.1) is 0 Å². The molecule has 0 aliphatic rings. The van der Waals surface area contributed by atoms with Crippen molar-refractivity contribution >= 4 is 15.9 Å². The molecule has 0 bridgehead atoms. The SMILES string of the molecule is COc1cccc(CC(N)Cc2cccc(Br)c2)c1F. The molecule has 2 aromatic rings. The Hall–Kier alpha value is -1.39. The van der Waals surface area contributed by atoms with Crippen molar-refractivity contribution in [1.82, 2.24) is 0 Å². The standard InChI is InChI=1S/C16H17BrFNO/c1-20-15-7-3-5-12(16(15)18)10-14(19)9-11-4-2-6-13(17)8-11/h2-8,14H,9-10,19H2,1H3. The van der Waals surface area contributed by atoms with Gasteiger partial charge in [-0.1, -0.05) is 40.2 Å². The lowest BCUT2D eigenvalue weighted by atomic mass is 9.99. The molecule has 2 N–H and O–H groups in total. The Kier molecular flexibility index (Phi) is 5.15. The van der Waals surface area contributed by atoms with Crippen molar-refractivity contribution in [3.8, 4) is 5.75 Å². The maximum Gasteiger partial charge on any atom is 0.168 e. The Labute approximate surface area is 126 Å². The summed E-state index contributed by atoms with van der Waals surface area (Å²) in [5.74, 6) is -0.0585. The zero-order chi connectivity index (χ0) is 14.5. The number of benzene rings is 2. The number of rotatable bonds is 5. The molecule has 2 rings (SSSR count). The van der Waals surface area contributed by atoms with E-state index in [2.05, 4.69) is 15.9 Å². The van der Waals surface area contributed by atoms with Crippen molar-refractivity contribution < 1.29 is 9.13 Å². The molecule has 2 nitrogen and oxygen atoms in total. The average Bonchev–Trinajstić information content (AvgIpc) is 2.41. The molecule has 1 unspecified atom stereocenters. The third kappa shape index (κ3) is 3.81. The van der Waals surface area contributed by atoms with Crippen LogP contribution in [0.5, 0.6) is 5.75 Å². The van der Waals surface area contributed by atoms with E-state index in [-0.39, 0.29) is 17.6 Å². The molecule has 0 saturated heterocycles. The third-order valence-corrected chi connectivity index (χ3v) is 3.63. The van der Waals surface area contributed by atoms with Crippen LogP contribution in [-0.4, -0.2) is 13.2 Å². The van der Waals surface area contributed by atoms with Crippen molar-refractivity contribution in [2.45, 2.75) is 18.9 Å². The molecule has 0 saturated carbocycles. The quantitative estimate of drug-likeness (QED) is 0.902. The molecule has 2 aromatic carbocycles. The third-order valence-electron chi connectivity index (χ3n) is 3.13. The first-order valence-corrected chi connectivity index (χ1v) is 7.21. The van der Waals surface area contributed by atoms with E-state index in [1.54, 1.807) is 18.2 Å². The van der Waals surface area contributed by atoms with Gasteiger partial charge < -0.3 is 10.5 Å². The summed E-state index contributed by atoms with van der Waals surface area (Å²) in [6.07, 6.45) is 1.19. The van der Waals surface area contributed by atoms with Gasteiger partial charge in [-0.05, 0) is 42.2 Å². The predicted octanol–water partition coefficient (Wildman–Crippen LogP) is 3.71. The van der Waals surface area contributed by atoms with Gasteiger partial charge in [0.05, 0.1) is 7.11 Å². The van der Waals surface area contributed by atoms with Crippen LogP contribution in [0.1, 0.15) is 11.1 Å². The molecular weight excluding hydrogens is 321 g/mol. The van der Waals surface area contributed by atoms with Crippen LogP contribution in [0.15, 0.2) is 46.9 Å². The summed E-state index contributed by atoms with van der Waals surface area (Å²) >= 11 is 3.43. The molecule has 0 heterocycles. The van der Waals surface area contributed by atoms with Crippen LogP contribution in [-0.2, 0) is 12.8 Å². The van der Waals surface area contributed by atoms with Crippen LogP contribution in [0.2, 0.25) is 0 Å². The minimum Gasteiger partial charge on any atom is -0.494 e. The summed E-state index contributed by atoms with van der Waals surface area (Å²) in [5.41, 5.74) is 7.85. The van der Waals surface area contributed by atoms with Gasteiger partial charge in [0.25, 0.3) is 0 Å². The molecule has 0 aromatic heterocycles. The normalized spacial score (nSPS) is 12.2. The van der Waals surface area contributed by atoms with Crippen molar-refractivity contribution in [2.75, 3.05) is 7.11 Å². The molecule has 0 spiro atoms. The lowest BCUT2D eigenvalue weighted by Gasteiger charge is -2.14. The number of nitrogens with two attached hydrogens (primary N) is 1. The van der Waals surface area contributed by atoms with Crippen molar-refractivity contribution in [2.24, 2.45) is 5.73 Å². The first kappa shape index (κ1) is 15.0. The summed E-state index contributed by atoms with van der Waals surface area (Å²) in [4.78, 5) is 0. The van der Waals surface area contributed by atoms with Crippen LogP contribution in [0.4, 0.5) is 4.39 Å². The molecule has 0 radical (unpaired) electrons. The molecule has 106 valence electrons. The zero-order valence-electron chi connectivity index (χ0n) is 11.3. The monoisotopic (exact) mass is 337 g/mol. The van der Waals surface area contributed by atoms with Crippen molar-refractivity contribution in [1.29, 1.82) is 0 Å². The lowest BCUT2D eigenvalue weighted by Crippen LogP contribution is -2.26. The van der Waals surface area contributed by atoms with E-state index in [1.807, 2.05) is 24.3 Å². The predicted molar refractivity (Wildman–Crippen MR) is 82.5 cm³/mol. The largest absolute Gasteiger partial charge is 0.494 e. The summed E-state index contributed by atoms with van der Waals surface area (Å²) in [7, 11) is 1.46. The van der Waals surface area contributed by atoms with E-state index >= 15 is 0 Å². The minimum absolute atomic E-state index is 0.133. The highest BCUT2D eigenvalue weighted by Crippen LogP contribution is 2.21. The van der Waals surface area contributed by atoms with Gasteiger partial charge in [0.1, 0.15) is 0 Å². The summed E-state index contributed by atoms with van der Waals surface area (Å²) in [6.45, 7) is 0. The number of methoxy groups -OCH3 is 1. The molecule has 0 aliphatic carbocycles. The minimum atomic E-state index is -0.320. The fourth-order valence-electron chi connectivity index (χ4n) is 2.19. The fraction of sp³-hybridized carbons (Fsp3) is 0.250. The Balaban J connectivity index is 2.06. The second-order valence-electron chi connectivity index (χ2n) is 4.73. The van der Waals surface area contributed by atoms with E-state index in [0.29, 0.717) is 18.4 Å². The Morgan fingerprint density at radius 1 is 1.20 bits per heavy atom. The summed E-state index contributed by atoms with van der Waals surface area (Å²) < 4.78 is 20.1. The zero-order valence-corrected chi connectivity index (χ0v) is 12.9. The van der Waals surface area contributed by atoms with E-state index in [0.717, 1.165) is 10.0 Å². The van der Waals surface area contributed by atoms with Gasteiger partial charge in [-0.3, -0.25) is 0 Å². The van der Waals surface area contributed by atoms with Gasteiger partial charge in [0, 0.05) is 10.5 Å². The van der Waals surface area contributed by atoms with Crippen LogP contribution in [0, 0.1) is 5.82 Å².